The minimum atomic E-state index is 0.559. The zero-order valence-electron chi connectivity index (χ0n) is 8.83. The molecule has 1 rings (SSSR count). The van der Waals surface area contributed by atoms with Crippen molar-refractivity contribution in [3.8, 4) is 0 Å². The first kappa shape index (κ1) is 12.7. The van der Waals surface area contributed by atoms with Crippen molar-refractivity contribution in [2.45, 2.75) is 19.8 Å². The van der Waals surface area contributed by atoms with E-state index in [1.165, 1.54) is 11.5 Å². The van der Waals surface area contributed by atoms with Gasteiger partial charge < -0.3 is 10.1 Å². The summed E-state index contributed by atoms with van der Waals surface area (Å²) in [6.07, 6.45) is 1.84. The molecule has 1 aromatic rings. The fourth-order valence-electron chi connectivity index (χ4n) is 0.996. The van der Waals surface area contributed by atoms with E-state index in [-0.39, 0.29) is 0 Å². The minimum absolute atomic E-state index is 0.559. The zero-order valence-corrected chi connectivity index (χ0v) is 10.4. The van der Waals surface area contributed by atoms with Crippen molar-refractivity contribution in [2.75, 3.05) is 31.0 Å². The Kier molecular flexibility index (Phi) is 6.63. The number of nitrogens with zero attached hydrogens (tertiary/aromatic N) is 2. The number of nitrogens with one attached hydrogen (secondary N) is 1. The lowest BCUT2D eigenvalue weighted by atomic mass is 10.4. The van der Waals surface area contributed by atoms with Gasteiger partial charge in [0, 0.05) is 37.0 Å². The number of rotatable bonds is 8. The second-order valence-corrected chi connectivity index (χ2v) is 4.08. The Hall–Kier alpha value is -0.390. The van der Waals surface area contributed by atoms with Crippen molar-refractivity contribution in [3.63, 3.8) is 0 Å². The van der Waals surface area contributed by atoms with E-state index in [4.69, 9.17) is 16.3 Å². The zero-order chi connectivity index (χ0) is 10.9. The van der Waals surface area contributed by atoms with Gasteiger partial charge in [-0.1, -0.05) is 6.92 Å². The van der Waals surface area contributed by atoms with E-state index < -0.39 is 0 Å². The topological polar surface area (TPSA) is 47.0 Å². The molecule has 0 radical (unpaired) electrons. The van der Waals surface area contributed by atoms with E-state index in [1.54, 1.807) is 0 Å². The Balaban J connectivity index is 2.04. The van der Waals surface area contributed by atoms with Gasteiger partial charge in [-0.3, -0.25) is 0 Å². The summed E-state index contributed by atoms with van der Waals surface area (Å²) in [7, 11) is 0. The van der Waals surface area contributed by atoms with Crippen LogP contribution in [0, 0.1) is 0 Å². The standard InChI is InChI=1S/C9H16ClN3OS/c1-2-8-12-9(15-13-8)11-5-3-6-14-7-4-10/h2-7H2,1H3,(H,11,12,13). The van der Waals surface area contributed by atoms with Crippen LogP contribution < -0.4 is 5.32 Å². The van der Waals surface area contributed by atoms with Gasteiger partial charge in [-0.2, -0.15) is 4.37 Å². The number of alkyl halides is 1. The highest BCUT2D eigenvalue weighted by Gasteiger charge is 2.00. The molecule has 0 fully saturated rings. The Morgan fingerprint density at radius 2 is 2.33 bits per heavy atom. The SMILES string of the molecule is CCc1nsc(NCCCOCCCl)n1. The number of aromatic nitrogens is 2. The lowest BCUT2D eigenvalue weighted by molar-refractivity contribution is 0.149. The molecule has 0 bridgehead atoms. The fourth-order valence-corrected chi connectivity index (χ4v) is 1.78. The predicted molar refractivity (Wildman–Crippen MR) is 63.9 cm³/mol. The maximum atomic E-state index is 5.47. The lowest BCUT2D eigenvalue weighted by Gasteiger charge is -2.02. The number of halogens is 1. The molecular weight excluding hydrogens is 234 g/mol. The summed E-state index contributed by atoms with van der Waals surface area (Å²) in [6.45, 7) is 4.27. The van der Waals surface area contributed by atoms with Gasteiger partial charge in [-0.25, -0.2) is 4.98 Å². The summed E-state index contributed by atoms with van der Waals surface area (Å²) < 4.78 is 9.42. The average molecular weight is 250 g/mol. The molecule has 0 saturated heterocycles. The Morgan fingerprint density at radius 3 is 3.00 bits per heavy atom. The number of hydrogen-bond acceptors (Lipinski definition) is 5. The number of anilines is 1. The smallest absolute Gasteiger partial charge is 0.202 e. The summed E-state index contributed by atoms with van der Waals surface area (Å²) in [6, 6.07) is 0. The lowest BCUT2D eigenvalue weighted by Crippen LogP contribution is -2.06. The normalized spacial score (nSPS) is 10.5. The summed E-state index contributed by atoms with van der Waals surface area (Å²) in [5.41, 5.74) is 0. The van der Waals surface area contributed by atoms with Crippen LogP contribution in [0.3, 0.4) is 0 Å². The van der Waals surface area contributed by atoms with Gasteiger partial charge in [-0.15, -0.1) is 11.6 Å². The maximum Gasteiger partial charge on any atom is 0.202 e. The fraction of sp³-hybridized carbons (Fsp3) is 0.778. The van der Waals surface area contributed by atoms with Crippen LogP contribution in [-0.2, 0) is 11.2 Å². The summed E-state index contributed by atoms with van der Waals surface area (Å²) in [5.74, 6) is 1.46. The molecule has 6 heteroatoms. The van der Waals surface area contributed by atoms with Crippen LogP contribution in [0.15, 0.2) is 0 Å². The van der Waals surface area contributed by atoms with Gasteiger partial charge in [0.05, 0.1) is 6.61 Å². The van der Waals surface area contributed by atoms with Crippen LogP contribution in [0.5, 0.6) is 0 Å². The molecule has 0 aliphatic rings. The molecule has 0 aliphatic carbocycles. The molecule has 0 aliphatic heterocycles. The van der Waals surface area contributed by atoms with Crippen molar-refractivity contribution in [2.24, 2.45) is 0 Å². The van der Waals surface area contributed by atoms with Crippen LogP contribution in [0.4, 0.5) is 5.13 Å². The molecule has 86 valence electrons. The van der Waals surface area contributed by atoms with Crippen LogP contribution in [0.25, 0.3) is 0 Å². The van der Waals surface area contributed by atoms with Crippen molar-refractivity contribution in [1.29, 1.82) is 0 Å². The number of hydrogen-bond donors (Lipinski definition) is 1. The highest BCUT2D eigenvalue weighted by Crippen LogP contribution is 2.10. The van der Waals surface area contributed by atoms with Gasteiger partial charge in [0.2, 0.25) is 5.13 Å². The average Bonchev–Trinajstić information content (AvgIpc) is 2.71. The van der Waals surface area contributed by atoms with Crippen LogP contribution in [0.1, 0.15) is 19.2 Å². The van der Waals surface area contributed by atoms with Crippen molar-refractivity contribution >= 4 is 28.3 Å². The third-order valence-corrected chi connectivity index (χ3v) is 2.61. The van der Waals surface area contributed by atoms with Crippen LogP contribution >= 0.6 is 23.1 Å². The highest BCUT2D eigenvalue weighted by atomic mass is 35.5. The molecular formula is C9H16ClN3OS. The highest BCUT2D eigenvalue weighted by molar-refractivity contribution is 7.09. The Morgan fingerprint density at radius 1 is 1.47 bits per heavy atom. The molecule has 1 aromatic heterocycles. The van der Waals surface area contributed by atoms with Crippen molar-refractivity contribution in [1.82, 2.24) is 9.36 Å². The van der Waals surface area contributed by atoms with Crippen molar-refractivity contribution in [3.05, 3.63) is 5.82 Å². The first-order valence-corrected chi connectivity index (χ1v) is 6.37. The van der Waals surface area contributed by atoms with Crippen LogP contribution in [0.2, 0.25) is 0 Å². The Bertz CT molecular complexity index is 270. The predicted octanol–water partition coefficient (Wildman–Crippen LogP) is 2.16. The molecule has 0 amide bonds. The summed E-state index contributed by atoms with van der Waals surface area (Å²) >= 11 is 6.88. The summed E-state index contributed by atoms with van der Waals surface area (Å²) in [5, 5.41) is 4.10. The maximum absolute atomic E-state index is 5.47. The number of ether oxygens (including phenoxy) is 1. The van der Waals surface area contributed by atoms with E-state index in [9.17, 15) is 0 Å². The van der Waals surface area contributed by atoms with Crippen LogP contribution in [-0.4, -0.2) is 35.0 Å². The van der Waals surface area contributed by atoms with E-state index in [2.05, 4.69) is 14.7 Å². The quantitative estimate of drug-likeness (QED) is 0.567. The van der Waals surface area contributed by atoms with E-state index in [1.807, 2.05) is 6.92 Å². The molecule has 0 aromatic carbocycles. The molecule has 0 atom stereocenters. The molecule has 0 unspecified atom stereocenters. The first-order valence-electron chi connectivity index (χ1n) is 5.07. The second-order valence-electron chi connectivity index (χ2n) is 2.95. The Labute approximate surface area is 99.2 Å². The van der Waals surface area contributed by atoms with Gasteiger partial charge in [0.15, 0.2) is 0 Å². The van der Waals surface area contributed by atoms with Gasteiger partial charge in [-0.05, 0) is 6.42 Å². The summed E-state index contributed by atoms with van der Waals surface area (Å²) in [4.78, 5) is 4.30. The molecule has 1 heterocycles. The minimum Gasteiger partial charge on any atom is -0.380 e. The molecule has 0 spiro atoms. The third-order valence-electron chi connectivity index (χ3n) is 1.75. The first-order chi connectivity index (χ1) is 7.36. The van der Waals surface area contributed by atoms with E-state index in [0.717, 1.165) is 36.9 Å². The molecule has 4 nitrogen and oxygen atoms in total. The van der Waals surface area contributed by atoms with Crippen molar-refractivity contribution < 1.29 is 4.74 Å². The van der Waals surface area contributed by atoms with E-state index >= 15 is 0 Å². The van der Waals surface area contributed by atoms with Gasteiger partial charge in [0.25, 0.3) is 0 Å². The second kappa shape index (κ2) is 7.84. The van der Waals surface area contributed by atoms with E-state index in [0.29, 0.717) is 12.5 Å². The molecule has 1 N–H and O–H groups in total. The van der Waals surface area contributed by atoms with Gasteiger partial charge in [0.1, 0.15) is 5.82 Å². The number of aryl methyl sites for hydroxylation is 1. The molecule has 15 heavy (non-hydrogen) atoms. The third kappa shape index (κ3) is 5.30. The monoisotopic (exact) mass is 249 g/mol. The van der Waals surface area contributed by atoms with Gasteiger partial charge >= 0.3 is 0 Å². The largest absolute Gasteiger partial charge is 0.380 e. The molecule has 0 saturated carbocycles.